The van der Waals surface area contributed by atoms with Gasteiger partial charge in [0.15, 0.2) is 0 Å². The molecule has 0 saturated carbocycles. The SMILES string of the molecule is N#C/C(=C/NCCc1cccc(Br)c1)C(=O)NCCC(=O)O. The normalized spacial score (nSPS) is 10.6. The van der Waals surface area contributed by atoms with E-state index in [9.17, 15) is 9.59 Å². The number of carbonyl (C=O) groups excluding carboxylic acids is 1. The molecule has 0 saturated heterocycles. The lowest BCUT2D eigenvalue weighted by atomic mass is 10.1. The topological polar surface area (TPSA) is 102 Å². The first kappa shape index (κ1) is 17.7. The Bertz CT molecular complexity index is 608. The van der Waals surface area contributed by atoms with E-state index in [1.165, 1.54) is 6.20 Å². The number of nitrogens with zero attached hydrogens (tertiary/aromatic N) is 1. The molecule has 3 N–H and O–H groups in total. The van der Waals surface area contributed by atoms with Crippen LogP contribution >= 0.6 is 15.9 Å². The lowest BCUT2D eigenvalue weighted by Gasteiger charge is -2.04. The van der Waals surface area contributed by atoms with Gasteiger partial charge in [-0.25, -0.2) is 0 Å². The van der Waals surface area contributed by atoms with Gasteiger partial charge in [-0.1, -0.05) is 28.1 Å². The summed E-state index contributed by atoms with van der Waals surface area (Å²) in [6, 6.07) is 9.63. The van der Waals surface area contributed by atoms with Crippen LogP contribution in [0.1, 0.15) is 12.0 Å². The summed E-state index contributed by atoms with van der Waals surface area (Å²) in [6.45, 7) is 0.565. The van der Waals surface area contributed by atoms with E-state index in [1.54, 1.807) is 6.07 Å². The lowest BCUT2D eigenvalue weighted by molar-refractivity contribution is -0.136. The van der Waals surface area contributed by atoms with E-state index in [-0.39, 0.29) is 18.5 Å². The Morgan fingerprint density at radius 1 is 1.36 bits per heavy atom. The minimum Gasteiger partial charge on any atom is -0.481 e. The number of nitriles is 1. The molecule has 0 heterocycles. The van der Waals surface area contributed by atoms with Crippen LogP contribution in [0.25, 0.3) is 0 Å². The van der Waals surface area contributed by atoms with Gasteiger partial charge >= 0.3 is 5.97 Å². The van der Waals surface area contributed by atoms with Crippen molar-refractivity contribution in [2.45, 2.75) is 12.8 Å². The highest BCUT2D eigenvalue weighted by molar-refractivity contribution is 9.10. The number of rotatable bonds is 8. The van der Waals surface area contributed by atoms with Crippen molar-refractivity contribution >= 4 is 27.8 Å². The molecule has 0 aliphatic heterocycles. The zero-order valence-corrected chi connectivity index (χ0v) is 13.4. The molecule has 1 aromatic rings. The van der Waals surface area contributed by atoms with Crippen LogP contribution in [-0.2, 0) is 16.0 Å². The third-order valence-electron chi connectivity index (χ3n) is 2.68. The van der Waals surface area contributed by atoms with Crippen LogP contribution in [0.2, 0.25) is 0 Å². The molecule has 0 spiro atoms. The number of nitrogens with one attached hydrogen (secondary N) is 2. The Labute approximate surface area is 137 Å². The highest BCUT2D eigenvalue weighted by atomic mass is 79.9. The standard InChI is InChI=1S/C15H16BrN3O3/c16-13-3-1-2-11(8-13)4-6-18-10-12(9-17)15(22)19-7-5-14(20)21/h1-3,8,10,18H,4-7H2,(H,19,22)(H,20,21)/b12-10-. The number of carbonyl (C=O) groups is 2. The Hall–Kier alpha value is -2.33. The van der Waals surface area contributed by atoms with Gasteiger partial charge in [0.25, 0.3) is 5.91 Å². The first-order valence-electron chi connectivity index (χ1n) is 6.61. The van der Waals surface area contributed by atoms with Crippen LogP contribution in [0.3, 0.4) is 0 Å². The number of benzene rings is 1. The van der Waals surface area contributed by atoms with Crippen LogP contribution in [0.15, 0.2) is 40.5 Å². The second kappa shape index (κ2) is 9.58. The fraction of sp³-hybridized carbons (Fsp3) is 0.267. The first-order valence-corrected chi connectivity index (χ1v) is 7.40. The zero-order valence-electron chi connectivity index (χ0n) is 11.8. The predicted octanol–water partition coefficient (Wildman–Crippen LogP) is 1.58. The number of halogens is 1. The van der Waals surface area contributed by atoms with Gasteiger partial charge in [-0.2, -0.15) is 5.26 Å². The molecule has 0 bridgehead atoms. The second-order valence-corrected chi connectivity index (χ2v) is 5.32. The molecule has 0 aliphatic rings. The molecule has 7 heteroatoms. The molecule has 0 radical (unpaired) electrons. The summed E-state index contributed by atoms with van der Waals surface area (Å²) in [6.07, 6.45) is 1.91. The fourth-order valence-electron chi connectivity index (χ4n) is 1.61. The van der Waals surface area contributed by atoms with Crippen molar-refractivity contribution in [3.05, 3.63) is 46.1 Å². The van der Waals surface area contributed by atoms with E-state index in [0.29, 0.717) is 6.54 Å². The molecule has 0 aliphatic carbocycles. The summed E-state index contributed by atoms with van der Waals surface area (Å²) in [5.74, 6) is -1.59. The highest BCUT2D eigenvalue weighted by Gasteiger charge is 2.08. The summed E-state index contributed by atoms with van der Waals surface area (Å²) in [4.78, 5) is 22.0. The molecular formula is C15H16BrN3O3. The van der Waals surface area contributed by atoms with Crippen LogP contribution in [-0.4, -0.2) is 30.1 Å². The Morgan fingerprint density at radius 3 is 2.77 bits per heavy atom. The lowest BCUT2D eigenvalue weighted by Crippen LogP contribution is -2.28. The molecule has 116 valence electrons. The van der Waals surface area contributed by atoms with E-state index in [0.717, 1.165) is 16.5 Å². The van der Waals surface area contributed by atoms with Gasteiger partial charge in [-0.3, -0.25) is 9.59 Å². The van der Waals surface area contributed by atoms with E-state index in [1.807, 2.05) is 24.3 Å². The second-order valence-electron chi connectivity index (χ2n) is 4.40. The van der Waals surface area contributed by atoms with Crippen LogP contribution in [0.5, 0.6) is 0 Å². The van der Waals surface area contributed by atoms with E-state index in [4.69, 9.17) is 10.4 Å². The summed E-state index contributed by atoms with van der Waals surface area (Å²) >= 11 is 3.39. The molecular weight excluding hydrogens is 350 g/mol. The molecule has 22 heavy (non-hydrogen) atoms. The average Bonchev–Trinajstić information content (AvgIpc) is 2.47. The maximum atomic E-state index is 11.6. The first-order chi connectivity index (χ1) is 10.5. The van der Waals surface area contributed by atoms with Crippen molar-refractivity contribution in [2.24, 2.45) is 0 Å². The van der Waals surface area contributed by atoms with Gasteiger partial charge in [0, 0.05) is 23.8 Å². The number of amides is 1. The Morgan fingerprint density at radius 2 is 2.14 bits per heavy atom. The smallest absolute Gasteiger partial charge is 0.305 e. The summed E-state index contributed by atoms with van der Waals surface area (Å²) in [5, 5.41) is 22.7. The van der Waals surface area contributed by atoms with Crippen molar-refractivity contribution < 1.29 is 14.7 Å². The van der Waals surface area contributed by atoms with Gasteiger partial charge in [0.1, 0.15) is 11.6 Å². The van der Waals surface area contributed by atoms with Gasteiger partial charge in [-0.05, 0) is 24.1 Å². The molecule has 1 rings (SSSR count). The predicted molar refractivity (Wildman–Crippen MR) is 84.8 cm³/mol. The van der Waals surface area contributed by atoms with Gasteiger partial charge < -0.3 is 15.7 Å². The maximum absolute atomic E-state index is 11.6. The molecule has 0 atom stereocenters. The summed E-state index contributed by atoms with van der Waals surface area (Å²) < 4.78 is 0.996. The van der Waals surface area contributed by atoms with Gasteiger partial charge in [0.2, 0.25) is 0 Å². The Balaban J connectivity index is 2.40. The molecule has 1 amide bonds. The molecule has 6 nitrogen and oxygen atoms in total. The number of hydrogen-bond acceptors (Lipinski definition) is 4. The average molecular weight is 366 g/mol. The summed E-state index contributed by atoms with van der Waals surface area (Å²) in [7, 11) is 0. The maximum Gasteiger partial charge on any atom is 0.305 e. The number of hydrogen-bond donors (Lipinski definition) is 3. The van der Waals surface area contributed by atoms with Gasteiger partial charge in [-0.15, -0.1) is 0 Å². The molecule has 0 fully saturated rings. The Kier molecular flexibility index (Phi) is 7.72. The van der Waals surface area contributed by atoms with Crippen molar-refractivity contribution in [1.29, 1.82) is 5.26 Å². The third-order valence-corrected chi connectivity index (χ3v) is 3.18. The van der Waals surface area contributed by atoms with Crippen molar-refractivity contribution in [2.75, 3.05) is 13.1 Å². The van der Waals surface area contributed by atoms with Crippen molar-refractivity contribution in [3.63, 3.8) is 0 Å². The van der Waals surface area contributed by atoms with E-state index in [2.05, 4.69) is 26.6 Å². The number of aliphatic carboxylic acids is 1. The highest BCUT2D eigenvalue weighted by Crippen LogP contribution is 2.11. The van der Waals surface area contributed by atoms with E-state index < -0.39 is 11.9 Å². The number of carboxylic acids is 1. The summed E-state index contributed by atoms with van der Waals surface area (Å²) in [5.41, 5.74) is 1.04. The van der Waals surface area contributed by atoms with Crippen molar-refractivity contribution in [1.82, 2.24) is 10.6 Å². The zero-order chi connectivity index (χ0) is 16.4. The third kappa shape index (κ3) is 6.90. The van der Waals surface area contributed by atoms with Crippen LogP contribution in [0.4, 0.5) is 0 Å². The van der Waals surface area contributed by atoms with Gasteiger partial charge in [0.05, 0.1) is 6.42 Å². The van der Waals surface area contributed by atoms with Crippen molar-refractivity contribution in [3.8, 4) is 6.07 Å². The quantitative estimate of drug-likeness (QED) is 0.368. The minimum absolute atomic E-state index is 0.00870. The molecule has 0 aromatic heterocycles. The minimum atomic E-state index is -1.00. The largest absolute Gasteiger partial charge is 0.481 e. The molecule has 1 aromatic carbocycles. The monoisotopic (exact) mass is 365 g/mol. The fourth-order valence-corrected chi connectivity index (χ4v) is 2.06. The van der Waals surface area contributed by atoms with Crippen LogP contribution < -0.4 is 10.6 Å². The number of carboxylic acid groups (broad SMARTS) is 1. The van der Waals surface area contributed by atoms with Crippen LogP contribution in [0, 0.1) is 11.3 Å². The van der Waals surface area contributed by atoms with E-state index >= 15 is 0 Å². The molecule has 0 unspecified atom stereocenters.